The van der Waals surface area contributed by atoms with Crippen LogP contribution in [0.15, 0.2) is 51.3 Å². The number of benzene rings is 2. The van der Waals surface area contributed by atoms with Crippen LogP contribution in [-0.2, 0) is 0 Å². The van der Waals surface area contributed by atoms with E-state index in [4.69, 9.17) is 0 Å². The summed E-state index contributed by atoms with van der Waals surface area (Å²) in [5, 5.41) is 2.93. The van der Waals surface area contributed by atoms with E-state index in [1.807, 2.05) is 30.3 Å². The van der Waals surface area contributed by atoms with Gasteiger partial charge in [-0.25, -0.2) is 4.98 Å². The molecule has 0 fully saturated rings. The summed E-state index contributed by atoms with van der Waals surface area (Å²) in [6.07, 6.45) is 0. The lowest BCUT2D eigenvalue weighted by Crippen LogP contribution is -2.11. The molecule has 112 valence electrons. The molecule has 3 rings (SSSR count). The van der Waals surface area contributed by atoms with Gasteiger partial charge in [0.05, 0.1) is 10.2 Å². The third-order valence-corrected chi connectivity index (χ3v) is 5.52. The number of thioether (sulfide) groups is 1. The van der Waals surface area contributed by atoms with Crippen molar-refractivity contribution in [2.45, 2.75) is 11.3 Å². The van der Waals surface area contributed by atoms with Crippen LogP contribution in [0.25, 0.3) is 10.2 Å². The topological polar surface area (TPSA) is 42.0 Å². The van der Waals surface area contributed by atoms with Crippen LogP contribution in [0.5, 0.6) is 0 Å². The Morgan fingerprint density at radius 2 is 2.18 bits per heavy atom. The molecule has 6 heteroatoms. The predicted molar refractivity (Wildman–Crippen MR) is 98.1 cm³/mol. The number of rotatable bonds is 4. The molecule has 0 aliphatic heterocycles. The molecule has 0 aliphatic rings. The molecule has 2 aromatic carbocycles. The fraction of sp³-hybridized carbons (Fsp3) is 0.125. The number of hydrogen-bond acceptors (Lipinski definition) is 4. The van der Waals surface area contributed by atoms with E-state index in [1.54, 1.807) is 35.2 Å². The highest BCUT2D eigenvalue weighted by molar-refractivity contribution is 9.10. The Balaban J connectivity index is 1.82. The van der Waals surface area contributed by atoms with Crippen LogP contribution in [-0.4, -0.2) is 16.6 Å². The fourth-order valence-corrected chi connectivity index (χ4v) is 4.40. The largest absolute Gasteiger partial charge is 0.322 e. The highest BCUT2D eigenvalue weighted by Crippen LogP contribution is 2.31. The van der Waals surface area contributed by atoms with Gasteiger partial charge >= 0.3 is 0 Å². The monoisotopic (exact) mass is 392 g/mol. The molecule has 0 bridgehead atoms. The van der Waals surface area contributed by atoms with E-state index in [1.165, 1.54) is 0 Å². The van der Waals surface area contributed by atoms with E-state index < -0.39 is 0 Å². The normalized spacial score (nSPS) is 10.8. The van der Waals surface area contributed by atoms with Crippen LogP contribution >= 0.6 is 39.0 Å². The first-order valence-electron chi connectivity index (χ1n) is 6.76. The standard InChI is InChI=1S/C16H13BrN2OS2/c1-2-21-16-19-13-7-6-12(9-14(13)22-16)18-15(20)10-4-3-5-11(17)8-10/h3-9H,2H2,1H3,(H,18,20). The number of fused-ring (bicyclic) bond motifs is 1. The second-order valence-corrected chi connectivity index (χ2v) is 8.02. The van der Waals surface area contributed by atoms with Gasteiger partial charge in [0.25, 0.3) is 5.91 Å². The minimum absolute atomic E-state index is 0.117. The van der Waals surface area contributed by atoms with Crippen LogP contribution in [0, 0.1) is 0 Å². The predicted octanol–water partition coefficient (Wildman–Crippen LogP) is 5.42. The average Bonchev–Trinajstić information content (AvgIpc) is 2.89. The van der Waals surface area contributed by atoms with Gasteiger partial charge in [-0.1, -0.05) is 40.7 Å². The number of hydrogen-bond donors (Lipinski definition) is 1. The van der Waals surface area contributed by atoms with Crippen molar-refractivity contribution in [3.8, 4) is 0 Å². The van der Waals surface area contributed by atoms with Gasteiger partial charge in [-0.15, -0.1) is 11.3 Å². The van der Waals surface area contributed by atoms with Gasteiger partial charge in [0.1, 0.15) is 0 Å². The molecule has 0 radical (unpaired) electrons. The minimum Gasteiger partial charge on any atom is -0.322 e. The molecule has 3 aromatic rings. The van der Waals surface area contributed by atoms with E-state index in [0.29, 0.717) is 5.56 Å². The second-order valence-electron chi connectivity index (χ2n) is 4.56. The van der Waals surface area contributed by atoms with Gasteiger partial charge in [-0.2, -0.15) is 0 Å². The zero-order valence-corrected chi connectivity index (χ0v) is 15.0. The molecule has 22 heavy (non-hydrogen) atoms. The molecule has 0 atom stereocenters. The third kappa shape index (κ3) is 3.51. The first-order chi connectivity index (χ1) is 10.7. The van der Waals surface area contributed by atoms with Crippen LogP contribution in [0.4, 0.5) is 5.69 Å². The molecule has 1 heterocycles. The van der Waals surface area contributed by atoms with E-state index in [9.17, 15) is 4.79 Å². The summed E-state index contributed by atoms with van der Waals surface area (Å²) in [6, 6.07) is 13.1. The van der Waals surface area contributed by atoms with E-state index in [0.717, 1.165) is 30.5 Å². The van der Waals surface area contributed by atoms with Crippen molar-refractivity contribution < 1.29 is 4.79 Å². The van der Waals surface area contributed by atoms with Crippen molar-refractivity contribution in [2.75, 3.05) is 11.1 Å². The van der Waals surface area contributed by atoms with Gasteiger partial charge in [-0.3, -0.25) is 4.79 Å². The molecular formula is C16H13BrN2OS2. The average molecular weight is 393 g/mol. The molecule has 1 amide bonds. The van der Waals surface area contributed by atoms with Crippen molar-refractivity contribution >= 4 is 60.8 Å². The van der Waals surface area contributed by atoms with Gasteiger partial charge in [-0.05, 0) is 42.2 Å². The Hall–Kier alpha value is -1.37. The van der Waals surface area contributed by atoms with Crippen molar-refractivity contribution in [3.63, 3.8) is 0 Å². The molecule has 0 unspecified atom stereocenters. The molecule has 1 aromatic heterocycles. The number of carbonyl (C=O) groups excluding carboxylic acids is 1. The van der Waals surface area contributed by atoms with E-state index in [-0.39, 0.29) is 5.91 Å². The lowest BCUT2D eigenvalue weighted by Gasteiger charge is -2.05. The van der Waals surface area contributed by atoms with E-state index in [2.05, 4.69) is 33.2 Å². The summed E-state index contributed by atoms with van der Waals surface area (Å²) in [5.74, 6) is 0.889. The Morgan fingerprint density at radius 1 is 1.32 bits per heavy atom. The number of thiazole rings is 1. The molecule has 3 nitrogen and oxygen atoms in total. The first kappa shape index (κ1) is 15.5. The zero-order chi connectivity index (χ0) is 15.5. The molecule has 0 aliphatic carbocycles. The Kier molecular flexibility index (Phi) is 4.81. The third-order valence-electron chi connectivity index (χ3n) is 2.98. The van der Waals surface area contributed by atoms with Crippen molar-refractivity contribution in [1.82, 2.24) is 4.98 Å². The maximum Gasteiger partial charge on any atom is 0.255 e. The minimum atomic E-state index is -0.117. The first-order valence-corrected chi connectivity index (χ1v) is 9.35. The van der Waals surface area contributed by atoms with Crippen LogP contribution in [0.1, 0.15) is 17.3 Å². The summed E-state index contributed by atoms with van der Waals surface area (Å²) in [7, 11) is 0. The number of nitrogens with zero attached hydrogens (tertiary/aromatic N) is 1. The molecule has 1 N–H and O–H groups in total. The van der Waals surface area contributed by atoms with Gasteiger partial charge in [0.15, 0.2) is 4.34 Å². The number of anilines is 1. The zero-order valence-electron chi connectivity index (χ0n) is 11.8. The summed E-state index contributed by atoms with van der Waals surface area (Å²) in [5.41, 5.74) is 2.39. The summed E-state index contributed by atoms with van der Waals surface area (Å²) in [4.78, 5) is 16.8. The SMILES string of the molecule is CCSc1nc2ccc(NC(=O)c3cccc(Br)c3)cc2s1. The number of halogens is 1. The lowest BCUT2D eigenvalue weighted by atomic mass is 10.2. The number of amides is 1. The number of nitrogens with one attached hydrogen (secondary N) is 1. The smallest absolute Gasteiger partial charge is 0.255 e. The van der Waals surface area contributed by atoms with Gasteiger partial charge in [0, 0.05) is 15.7 Å². The maximum absolute atomic E-state index is 12.3. The Labute approximate surface area is 145 Å². The maximum atomic E-state index is 12.3. The lowest BCUT2D eigenvalue weighted by molar-refractivity contribution is 0.102. The Bertz CT molecular complexity index is 832. The van der Waals surface area contributed by atoms with Crippen LogP contribution < -0.4 is 5.32 Å². The number of carbonyl (C=O) groups is 1. The second kappa shape index (κ2) is 6.81. The summed E-state index contributed by atoms with van der Waals surface area (Å²) < 4.78 is 3.04. The van der Waals surface area contributed by atoms with Crippen molar-refractivity contribution in [1.29, 1.82) is 0 Å². The quantitative estimate of drug-likeness (QED) is 0.602. The van der Waals surface area contributed by atoms with Gasteiger partial charge < -0.3 is 5.32 Å². The number of aromatic nitrogens is 1. The highest BCUT2D eigenvalue weighted by Gasteiger charge is 2.09. The fourth-order valence-electron chi connectivity index (χ4n) is 2.00. The van der Waals surface area contributed by atoms with Crippen LogP contribution in [0.3, 0.4) is 0 Å². The molecule has 0 saturated carbocycles. The summed E-state index contributed by atoms with van der Waals surface area (Å²) >= 11 is 6.77. The molecule has 0 spiro atoms. The van der Waals surface area contributed by atoms with Crippen molar-refractivity contribution in [3.05, 3.63) is 52.5 Å². The van der Waals surface area contributed by atoms with Gasteiger partial charge in [0.2, 0.25) is 0 Å². The Morgan fingerprint density at radius 3 is 2.95 bits per heavy atom. The van der Waals surface area contributed by atoms with E-state index >= 15 is 0 Å². The highest BCUT2D eigenvalue weighted by atomic mass is 79.9. The molecular weight excluding hydrogens is 380 g/mol. The molecule has 0 saturated heterocycles. The van der Waals surface area contributed by atoms with Crippen LogP contribution in [0.2, 0.25) is 0 Å². The van der Waals surface area contributed by atoms with Crippen molar-refractivity contribution in [2.24, 2.45) is 0 Å². The summed E-state index contributed by atoms with van der Waals surface area (Å²) in [6.45, 7) is 2.11.